The van der Waals surface area contributed by atoms with Crippen LogP contribution in [0.1, 0.15) is 46.8 Å². The van der Waals surface area contributed by atoms with Gasteiger partial charge in [0.2, 0.25) is 0 Å². The summed E-state index contributed by atoms with van der Waals surface area (Å²) in [5, 5.41) is 2.72. The molecule has 0 aliphatic heterocycles. The lowest BCUT2D eigenvalue weighted by Gasteiger charge is -2.12. The summed E-state index contributed by atoms with van der Waals surface area (Å²) in [7, 11) is 0. The normalized spacial score (nSPS) is 14.8. The first kappa shape index (κ1) is 14.1. The number of hydrogen-bond donors (Lipinski definition) is 1. The van der Waals surface area contributed by atoms with Crippen LogP contribution in [-0.4, -0.2) is 24.5 Å². The third kappa shape index (κ3) is 3.35. The van der Waals surface area contributed by atoms with Gasteiger partial charge in [0.1, 0.15) is 4.88 Å². The molecule has 1 aromatic heterocycles. The summed E-state index contributed by atoms with van der Waals surface area (Å²) in [6, 6.07) is 1.91. The number of fused-ring (bicyclic) bond motifs is 1. The molecule has 2 rings (SSSR count). The Hall–Kier alpha value is -1.36. The highest BCUT2D eigenvalue weighted by Crippen LogP contribution is 2.31. The van der Waals surface area contributed by atoms with Crippen LogP contribution < -0.4 is 5.32 Å². The number of esters is 1. The van der Waals surface area contributed by atoms with Gasteiger partial charge in [-0.1, -0.05) is 6.92 Å². The third-order valence-corrected chi connectivity index (χ3v) is 4.37. The van der Waals surface area contributed by atoms with E-state index in [4.69, 9.17) is 4.74 Å². The summed E-state index contributed by atoms with van der Waals surface area (Å²) >= 11 is 1.50. The maximum atomic E-state index is 11.9. The number of carbonyl (C=O) groups is 2. The monoisotopic (exact) mass is 281 g/mol. The Kier molecular flexibility index (Phi) is 4.58. The van der Waals surface area contributed by atoms with E-state index in [0.29, 0.717) is 11.4 Å². The fourth-order valence-corrected chi connectivity index (χ4v) is 3.23. The number of thiophene rings is 1. The maximum Gasteiger partial charge on any atom is 0.349 e. The number of hydrogen-bond acceptors (Lipinski definition) is 4. The second-order valence-corrected chi connectivity index (χ2v) is 5.89. The molecule has 1 heterocycles. The molecule has 0 saturated carbocycles. The molecule has 4 nitrogen and oxygen atoms in total. The lowest BCUT2D eigenvalue weighted by atomic mass is 10.2. The first-order valence-electron chi connectivity index (χ1n) is 6.72. The van der Waals surface area contributed by atoms with Crippen molar-refractivity contribution >= 4 is 23.2 Å². The number of rotatable bonds is 5. The van der Waals surface area contributed by atoms with E-state index in [0.717, 1.165) is 19.3 Å². The van der Waals surface area contributed by atoms with Gasteiger partial charge >= 0.3 is 5.97 Å². The highest BCUT2D eigenvalue weighted by Gasteiger charge is 2.22. The van der Waals surface area contributed by atoms with Crippen LogP contribution in [-0.2, 0) is 22.4 Å². The van der Waals surface area contributed by atoms with E-state index in [1.165, 1.54) is 28.2 Å². The van der Waals surface area contributed by atoms with Crippen molar-refractivity contribution in [1.29, 1.82) is 0 Å². The quantitative estimate of drug-likeness (QED) is 0.843. The molecule has 1 aliphatic carbocycles. The topological polar surface area (TPSA) is 55.4 Å². The van der Waals surface area contributed by atoms with Gasteiger partial charge in [0.05, 0.1) is 0 Å². The van der Waals surface area contributed by atoms with Crippen LogP contribution >= 0.6 is 11.3 Å². The van der Waals surface area contributed by atoms with E-state index < -0.39 is 12.1 Å². The molecule has 0 spiro atoms. The average Bonchev–Trinajstić information content (AvgIpc) is 2.96. The van der Waals surface area contributed by atoms with Gasteiger partial charge in [-0.25, -0.2) is 4.79 Å². The van der Waals surface area contributed by atoms with Gasteiger partial charge in [-0.3, -0.25) is 4.79 Å². The van der Waals surface area contributed by atoms with Crippen LogP contribution in [0.4, 0.5) is 0 Å². The van der Waals surface area contributed by atoms with E-state index in [-0.39, 0.29) is 5.91 Å². The molecule has 0 radical (unpaired) electrons. The molecule has 5 heteroatoms. The molecular weight excluding hydrogens is 262 g/mol. The Bertz CT molecular complexity index is 460. The molecule has 104 valence electrons. The largest absolute Gasteiger partial charge is 0.448 e. The highest BCUT2D eigenvalue weighted by molar-refractivity contribution is 7.14. The van der Waals surface area contributed by atoms with Gasteiger partial charge in [0, 0.05) is 11.4 Å². The van der Waals surface area contributed by atoms with Crippen molar-refractivity contribution in [1.82, 2.24) is 5.32 Å². The Morgan fingerprint density at radius 1 is 1.47 bits per heavy atom. The second-order valence-electron chi connectivity index (χ2n) is 4.75. The second kappa shape index (κ2) is 6.19. The first-order chi connectivity index (χ1) is 9.11. The molecule has 0 unspecified atom stereocenters. The van der Waals surface area contributed by atoms with Crippen molar-refractivity contribution < 1.29 is 14.3 Å². The zero-order valence-electron chi connectivity index (χ0n) is 11.3. The van der Waals surface area contributed by atoms with Crippen LogP contribution in [0.3, 0.4) is 0 Å². The summed E-state index contributed by atoms with van der Waals surface area (Å²) < 4.78 is 5.19. The summed E-state index contributed by atoms with van der Waals surface area (Å²) in [4.78, 5) is 25.5. The molecule has 0 aromatic carbocycles. The molecule has 19 heavy (non-hydrogen) atoms. The van der Waals surface area contributed by atoms with E-state index in [9.17, 15) is 9.59 Å². The molecule has 1 N–H and O–H groups in total. The minimum Gasteiger partial charge on any atom is -0.448 e. The van der Waals surface area contributed by atoms with Crippen molar-refractivity contribution in [2.75, 3.05) is 6.54 Å². The molecule has 0 fully saturated rings. The van der Waals surface area contributed by atoms with Crippen LogP contribution in [0, 0.1) is 0 Å². The van der Waals surface area contributed by atoms with Gasteiger partial charge in [0.15, 0.2) is 6.10 Å². The van der Waals surface area contributed by atoms with Crippen molar-refractivity contribution in [3.63, 3.8) is 0 Å². The summed E-state index contributed by atoms with van der Waals surface area (Å²) in [6.07, 6.45) is 3.40. The Morgan fingerprint density at radius 2 is 2.26 bits per heavy atom. The predicted molar refractivity (Wildman–Crippen MR) is 74.5 cm³/mol. The number of ether oxygens (including phenoxy) is 1. The zero-order valence-corrected chi connectivity index (χ0v) is 12.1. The van der Waals surface area contributed by atoms with E-state index in [1.807, 2.05) is 13.0 Å². The van der Waals surface area contributed by atoms with Gasteiger partial charge in [-0.05, 0) is 44.2 Å². The van der Waals surface area contributed by atoms with E-state index >= 15 is 0 Å². The van der Waals surface area contributed by atoms with Gasteiger partial charge < -0.3 is 10.1 Å². The van der Waals surface area contributed by atoms with Gasteiger partial charge in [0.25, 0.3) is 5.91 Å². The fraction of sp³-hybridized carbons (Fsp3) is 0.571. The summed E-state index contributed by atoms with van der Waals surface area (Å²) in [5.41, 5.74) is 1.26. The van der Waals surface area contributed by atoms with Crippen LogP contribution in [0.25, 0.3) is 0 Å². The number of aryl methyl sites for hydroxylation is 2. The van der Waals surface area contributed by atoms with Crippen molar-refractivity contribution in [3.05, 3.63) is 21.4 Å². The minimum atomic E-state index is -0.740. The maximum absolute atomic E-state index is 11.9. The molecule has 0 bridgehead atoms. The van der Waals surface area contributed by atoms with Crippen molar-refractivity contribution in [2.24, 2.45) is 0 Å². The first-order valence-corrected chi connectivity index (χ1v) is 7.53. The van der Waals surface area contributed by atoms with E-state index in [1.54, 1.807) is 6.92 Å². The Morgan fingerprint density at radius 3 is 2.95 bits per heavy atom. The van der Waals surface area contributed by atoms with Gasteiger partial charge in [-0.15, -0.1) is 11.3 Å². The van der Waals surface area contributed by atoms with Crippen LogP contribution in [0.5, 0.6) is 0 Å². The highest BCUT2D eigenvalue weighted by atomic mass is 32.1. The molecule has 1 atom stereocenters. The SMILES string of the molecule is CCCNC(=O)[C@H](C)OC(=O)c1cc2c(s1)CCC2. The Balaban J connectivity index is 1.91. The lowest BCUT2D eigenvalue weighted by Crippen LogP contribution is -2.36. The number of carbonyl (C=O) groups excluding carboxylic acids is 2. The van der Waals surface area contributed by atoms with Crippen LogP contribution in [0.15, 0.2) is 6.07 Å². The molecule has 1 aromatic rings. The molecular formula is C14H19NO3S. The smallest absolute Gasteiger partial charge is 0.349 e. The Labute approximate surface area is 117 Å². The third-order valence-electron chi connectivity index (χ3n) is 3.15. The zero-order chi connectivity index (χ0) is 13.8. The van der Waals surface area contributed by atoms with Crippen molar-refractivity contribution in [3.8, 4) is 0 Å². The summed E-state index contributed by atoms with van der Waals surface area (Å²) in [5.74, 6) is -0.627. The average molecular weight is 281 g/mol. The number of nitrogens with one attached hydrogen (secondary N) is 1. The fourth-order valence-electron chi connectivity index (χ4n) is 2.09. The number of amides is 1. The van der Waals surface area contributed by atoms with E-state index in [2.05, 4.69) is 5.32 Å². The van der Waals surface area contributed by atoms with Crippen LogP contribution in [0.2, 0.25) is 0 Å². The molecule has 1 amide bonds. The van der Waals surface area contributed by atoms with Crippen molar-refractivity contribution in [2.45, 2.75) is 45.6 Å². The van der Waals surface area contributed by atoms with Gasteiger partial charge in [-0.2, -0.15) is 0 Å². The molecule has 0 saturated heterocycles. The minimum absolute atomic E-state index is 0.237. The molecule has 1 aliphatic rings. The lowest BCUT2D eigenvalue weighted by molar-refractivity contribution is -0.129. The standard InChI is InChI=1S/C14H19NO3S/c1-3-7-15-13(16)9(2)18-14(17)12-8-10-5-4-6-11(10)19-12/h8-9H,3-7H2,1-2H3,(H,15,16)/t9-/m0/s1. The summed E-state index contributed by atoms with van der Waals surface area (Å²) in [6.45, 7) is 4.18. The predicted octanol–water partition coefficient (Wildman–Crippen LogP) is 2.31.